The SMILES string of the molecule is CNC(=O)CNc1ncnc2c1CCCCC2. The van der Waals surface area contributed by atoms with Gasteiger partial charge in [-0.1, -0.05) is 6.42 Å². The maximum atomic E-state index is 11.2. The van der Waals surface area contributed by atoms with Crippen LogP contribution >= 0.6 is 0 Å². The van der Waals surface area contributed by atoms with Gasteiger partial charge in [0.15, 0.2) is 0 Å². The molecule has 0 unspecified atom stereocenters. The number of nitrogens with zero attached hydrogens (tertiary/aromatic N) is 2. The zero-order valence-electron chi connectivity index (χ0n) is 10.1. The van der Waals surface area contributed by atoms with Crippen LogP contribution in [0.1, 0.15) is 30.5 Å². The molecule has 0 bridgehead atoms. The Kier molecular flexibility index (Phi) is 3.90. The predicted octanol–water partition coefficient (Wildman–Crippen LogP) is 0.903. The smallest absolute Gasteiger partial charge is 0.239 e. The quantitative estimate of drug-likeness (QED) is 0.763. The summed E-state index contributed by atoms with van der Waals surface area (Å²) in [6.07, 6.45) is 7.22. The normalized spacial score (nSPS) is 14.6. The Balaban J connectivity index is 2.14. The Bertz CT molecular complexity index is 405. The molecule has 5 nitrogen and oxygen atoms in total. The molecule has 1 heterocycles. The first-order valence-electron chi connectivity index (χ1n) is 6.08. The predicted molar refractivity (Wildman–Crippen MR) is 65.8 cm³/mol. The Morgan fingerprint density at radius 1 is 1.29 bits per heavy atom. The van der Waals surface area contributed by atoms with Crippen molar-refractivity contribution >= 4 is 11.7 Å². The third-order valence-corrected chi connectivity index (χ3v) is 3.07. The number of carbonyl (C=O) groups excluding carboxylic acids is 1. The van der Waals surface area contributed by atoms with Gasteiger partial charge in [-0.2, -0.15) is 0 Å². The van der Waals surface area contributed by atoms with Crippen LogP contribution in [0.25, 0.3) is 0 Å². The number of nitrogens with one attached hydrogen (secondary N) is 2. The lowest BCUT2D eigenvalue weighted by Crippen LogP contribution is -2.27. The van der Waals surface area contributed by atoms with Crippen LogP contribution in [0, 0.1) is 0 Å². The summed E-state index contributed by atoms with van der Waals surface area (Å²) in [5.74, 6) is 0.784. The highest BCUT2D eigenvalue weighted by Gasteiger charge is 2.14. The number of aromatic nitrogens is 2. The number of hydrogen-bond acceptors (Lipinski definition) is 4. The van der Waals surface area contributed by atoms with Gasteiger partial charge in [-0.3, -0.25) is 4.79 Å². The second kappa shape index (κ2) is 5.61. The lowest BCUT2D eigenvalue weighted by molar-refractivity contribution is -0.118. The fraction of sp³-hybridized carbons (Fsp3) is 0.583. The Morgan fingerprint density at radius 2 is 2.12 bits per heavy atom. The van der Waals surface area contributed by atoms with Crippen LogP contribution < -0.4 is 10.6 Å². The van der Waals surface area contributed by atoms with E-state index in [2.05, 4.69) is 20.6 Å². The summed E-state index contributed by atoms with van der Waals surface area (Å²) >= 11 is 0. The van der Waals surface area contributed by atoms with Crippen molar-refractivity contribution in [2.24, 2.45) is 0 Å². The molecule has 0 aromatic carbocycles. The van der Waals surface area contributed by atoms with Gasteiger partial charge >= 0.3 is 0 Å². The summed E-state index contributed by atoms with van der Waals surface area (Å²) in [5, 5.41) is 5.67. The molecule has 0 atom stereocenters. The zero-order chi connectivity index (χ0) is 12.1. The van der Waals surface area contributed by atoms with Crippen molar-refractivity contribution in [3.05, 3.63) is 17.6 Å². The van der Waals surface area contributed by atoms with Crippen molar-refractivity contribution in [1.82, 2.24) is 15.3 Å². The fourth-order valence-electron chi connectivity index (χ4n) is 2.10. The maximum Gasteiger partial charge on any atom is 0.239 e. The number of likely N-dealkylation sites (N-methyl/N-ethyl adjacent to an activating group) is 1. The Labute approximate surface area is 101 Å². The van der Waals surface area contributed by atoms with Gasteiger partial charge in [-0.15, -0.1) is 0 Å². The number of amides is 1. The molecule has 0 saturated carbocycles. The molecule has 1 aromatic rings. The number of carbonyl (C=O) groups is 1. The topological polar surface area (TPSA) is 66.9 Å². The molecule has 1 amide bonds. The first kappa shape index (κ1) is 11.8. The minimum atomic E-state index is -0.0361. The van der Waals surface area contributed by atoms with Gasteiger partial charge in [-0.25, -0.2) is 9.97 Å². The molecular weight excluding hydrogens is 216 g/mol. The molecule has 0 fully saturated rings. The fourth-order valence-corrected chi connectivity index (χ4v) is 2.10. The van der Waals surface area contributed by atoms with Gasteiger partial charge < -0.3 is 10.6 Å². The molecular formula is C12H18N4O. The summed E-state index contributed by atoms with van der Waals surface area (Å²) in [4.78, 5) is 19.8. The van der Waals surface area contributed by atoms with E-state index in [4.69, 9.17) is 0 Å². The summed E-state index contributed by atoms with van der Waals surface area (Å²) < 4.78 is 0. The van der Waals surface area contributed by atoms with Gasteiger partial charge in [0.1, 0.15) is 12.1 Å². The summed E-state index contributed by atoms with van der Waals surface area (Å²) in [6.45, 7) is 0.264. The third kappa shape index (κ3) is 2.93. The molecule has 1 aliphatic carbocycles. The average molecular weight is 234 g/mol. The van der Waals surface area contributed by atoms with E-state index in [9.17, 15) is 4.79 Å². The van der Waals surface area contributed by atoms with Gasteiger partial charge in [0.05, 0.1) is 6.54 Å². The van der Waals surface area contributed by atoms with E-state index in [1.54, 1.807) is 13.4 Å². The van der Waals surface area contributed by atoms with Crippen molar-refractivity contribution in [3.63, 3.8) is 0 Å². The molecule has 0 aliphatic heterocycles. The number of fused-ring (bicyclic) bond motifs is 1. The monoisotopic (exact) mass is 234 g/mol. The van der Waals surface area contributed by atoms with Crippen LogP contribution in [0.3, 0.4) is 0 Å². The largest absolute Gasteiger partial charge is 0.361 e. The first-order chi connectivity index (χ1) is 8.31. The zero-order valence-corrected chi connectivity index (χ0v) is 10.1. The molecule has 2 N–H and O–H groups in total. The van der Waals surface area contributed by atoms with Crippen molar-refractivity contribution < 1.29 is 4.79 Å². The van der Waals surface area contributed by atoms with E-state index < -0.39 is 0 Å². The van der Waals surface area contributed by atoms with Crippen molar-refractivity contribution in [2.75, 3.05) is 18.9 Å². The Hall–Kier alpha value is -1.65. The van der Waals surface area contributed by atoms with Crippen molar-refractivity contribution in [2.45, 2.75) is 32.1 Å². The lowest BCUT2D eigenvalue weighted by Gasteiger charge is -2.11. The number of aryl methyl sites for hydroxylation is 1. The van der Waals surface area contributed by atoms with E-state index >= 15 is 0 Å². The molecule has 0 radical (unpaired) electrons. The van der Waals surface area contributed by atoms with Crippen LogP contribution in [0.15, 0.2) is 6.33 Å². The number of rotatable bonds is 3. The molecule has 1 aliphatic rings. The van der Waals surface area contributed by atoms with E-state index in [0.717, 1.165) is 24.4 Å². The highest BCUT2D eigenvalue weighted by Crippen LogP contribution is 2.23. The molecule has 92 valence electrons. The minimum absolute atomic E-state index is 0.0361. The van der Waals surface area contributed by atoms with E-state index in [1.807, 2.05) is 0 Å². The van der Waals surface area contributed by atoms with Crippen LogP contribution in [0.2, 0.25) is 0 Å². The molecule has 2 rings (SSSR count). The second-order valence-electron chi connectivity index (χ2n) is 4.23. The maximum absolute atomic E-state index is 11.2. The third-order valence-electron chi connectivity index (χ3n) is 3.07. The van der Waals surface area contributed by atoms with E-state index in [0.29, 0.717) is 0 Å². The summed E-state index contributed by atoms with van der Waals surface area (Å²) in [7, 11) is 1.63. The standard InChI is InChI=1S/C12H18N4O/c1-13-11(17)7-14-12-9-5-3-2-4-6-10(9)15-8-16-12/h8H,2-7H2,1H3,(H,13,17)(H,14,15,16). The van der Waals surface area contributed by atoms with Crippen molar-refractivity contribution in [1.29, 1.82) is 0 Å². The van der Waals surface area contributed by atoms with Crippen LogP contribution in [0.5, 0.6) is 0 Å². The highest BCUT2D eigenvalue weighted by molar-refractivity contribution is 5.80. The molecule has 5 heteroatoms. The van der Waals surface area contributed by atoms with Gasteiger partial charge in [-0.05, 0) is 25.7 Å². The molecule has 0 spiro atoms. The molecule has 0 saturated heterocycles. The highest BCUT2D eigenvalue weighted by atomic mass is 16.1. The molecule has 17 heavy (non-hydrogen) atoms. The molecule has 1 aromatic heterocycles. The Morgan fingerprint density at radius 3 is 2.94 bits per heavy atom. The minimum Gasteiger partial charge on any atom is -0.361 e. The first-order valence-corrected chi connectivity index (χ1v) is 6.08. The lowest BCUT2D eigenvalue weighted by atomic mass is 10.1. The number of anilines is 1. The van der Waals surface area contributed by atoms with Gasteiger partial charge in [0.2, 0.25) is 5.91 Å². The summed E-state index contributed by atoms with van der Waals surface area (Å²) in [5.41, 5.74) is 2.32. The number of hydrogen-bond donors (Lipinski definition) is 2. The van der Waals surface area contributed by atoms with Crippen molar-refractivity contribution in [3.8, 4) is 0 Å². The van der Waals surface area contributed by atoms with E-state index in [1.165, 1.54) is 24.8 Å². The second-order valence-corrected chi connectivity index (χ2v) is 4.23. The van der Waals surface area contributed by atoms with E-state index in [-0.39, 0.29) is 12.5 Å². The van der Waals surface area contributed by atoms with Gasteiger partial charge in [0, 0.05) is 18.3 Å². The van der Waals surface area contributed by atoms with Crippen LogP contribution in [-0.2, 0) is 17.6 Å². The van der Waals surface area contributed by atoms with Crippen LogP contribution in [-0.4, -0.2) is 29.5 Å². The average Bonchev–Trinajstić information content (AvgIpc) is 2.61. The van der Waals surface area contributed by atoms with Gasteiger partial charge in [0.25, 0.3) is 0 Å². The van der Waals surface area contributed by atoms with Crippen LogP contribution in [0.4, 0.5) is 5.82 Å². The summed E-state index contributed by atoms with van der Waals surface area (Å²) in [6, 6.07) is 0.